The summed E-state index contributed by atoms with van der Waals surface area (Å²) in [6.07, 6.45) is -4.66. The van der Waals surface area contributed by atoms with E-state index in [1.54, 1.807) is 12.1 Å². The number of hydrogen-bond donors (Lipinski definition) is 2. The van der Waals surface area contributed by atoms with Gasteiger partial charge in [0.1, 0.15) is 5.82 Å². The molecule has 40 heavy (non-hydrogen) atoms. The van der Waals surface area contributed by atoms with Gasteiger partial charge < -0.3 is 0 Å². The summed E-state index contributed by atoms with van der Waals surface area (Å²) in [4.78, 5) is 3.59. The first-order chi connectivity index (χ1) is 18.7. The van der Waals surface area contributed by atoms with Gasteiger partial charge in [0.2, 0.25) is 16.0 Å². The number of guanidine groups is 1. The van der Waals surface area contributed by atoms with Crippen LogP contribution in [-0.4, -0.2) is 52.4 Å². The summed E-state index contributed by atoms with van der Waals surface area (Å²) in [6.45, 7) is -0.377. The lowest BCUT2D eigenvalue weighted by molar-refractivity contribution is -0.137. The molecule has 0 unspecified atom stereocenters. The summed E-state index contributed by atoms with van der Waals surface area (Å²) < 4.78 is 104. The quantitative estimate of drug-likeness (QED) is 0.245. The highest BCUT2D eigenvalue weighted by Crippen LogP contribution is 2.31. The van der Waals surface area contributed by atoms with Gasteiger partial charge in [-0.15, -0.1) is 0 Å². The SMILES string of the molecule is NS(=O)(=O)CCN=C(NS(=O)(=O)c1ccc(C(F)(F)F)cc1)N1C[C@@H](c2ccccc2)C(c2ccc(F)cc2)=N1. The molecule has 0 aromatic heterocycles. The molecule has 4 rings (SSSR count). The Hall–Kier alpha value is -3.82. The molecule has 0 bridgehead atoms. The lowest BCUT2D eigenvalue weighted by Crippen LogP contribution is -2.41. The minimum Gasteiger partial charge on any atom is -0.250 e. The maximum Gasteiger partial charge on any atom is 0.416 e. The van der Waals surface area contributed by atoms with Crippen LogP contribution in [0.3, 0.4) is 0 Å². The van der Waals surface area contributed by atoms with Crippen molar-refractivity contribution in [3.63, 3.8) is 0 Å². The minimum atomic E-state index is -4.66. The van der Waals surface area contributed by atoms with Crippen LogP contribution in [0.4, 0.5) is 17.6 Å². The van der Waals surface area contributed by atoms with Crippen molar-refractivity contribution in [2.24, 2.45) is 15.2 Å². The van der Waals surface area contributed by atoms with E-state index in [2.05, 4.69) is 14.8 Å². The number of halogens is 4. The molecule has 0 fully saturated rings. The molecule has 3 N–H and O–H groups in total. The highest BCUT2D eigenvalue weighted by atomic mass is 32.2. The van der Waals surface area contributed by atoms with Gasteiger partial charge in [-0.3, -0.25) is 0 Å². The maximum atomic E-state index is 13.6. The molecule has 1 aliphatic rings. The van der Waals surface area contributed by atoms with Crippen molar-refractivity contribution in [3.8, 4) is 0 Å². The highest BCUT2D eigenvalue weighted by Gasteiger charge is 2.34. The molecule has 0 aliphatic carbocycles. The van der Waals surface area contributed by atoms with E-state index in [-0.39, 0.29) is 12.5 Å². The third-order valence-corrected chi connectivity index (χ3v) is 7.95. The van der Waals surface area contributed by atoms with Crippen LogP contribution in [0, 0.1) is 5.82 Å². The van der Waals surface area contributed by atoms with Crippen molar-refractivity contribution >= 4 is 31.7 Å². The Morgan fingerprint density at radius 1 is 0.975 bits per heavy atom. The van der Waals surface area contributed by atoms with Crippen molar-refractivity contribution < 1.29 is 34.4 Å². The van der Waals surface area contributed by atoms with Gasteiger partial charge in [-0.2, -0.15) is 18.3 Å². The Morgan fingerprint density at radius 3 is 2.17 bits per heavy atom. The number of aliphatic imine (C=N–C) groups is 1. The Kier molecular flexibility index (Phi) is 8.28. The molecule has 3 aromatic carbocycles. The first-order valence-electron chi connectivity index (χ1n) is 11.6. The molecule has 1 heterocycles. The van der Waals surface area contributed by atoms with E-state index in [4.69, 9.17) is 5.14 Å². The van der Waals surface area contributed by atoms with Gasteiger partial charge in [-0.1, -0.05) is 42.5 Å². The molecule has 15 heteroatoms. The maximum absolute atomic E-state index is 13.6. The zero-order chi connectivity index (χ0) is 29.1. The van der Waals surface area contributed by atoms with Crippen LogP contribution in [0.5, 0.6) is 0 Å². The lowest BCUT2D eigenvalue weighted by atomic mass is 9.91. The van der Waals surface area contributed by atoms with Crippen LogP contribution in [0.2, 0.25) is 0 Å². The number of rotatable bonds is 7. The molecule has 0 amide bonds. The third kappa shape index (κ3) is 7.22. The molecule has 0 radical (unpaired) electrons. The number of nitrogens with one attached hydrogen (secondary N) is 1. The molecule has 1 aliphatic heterocycles. The highest BCUT2D eigenvalue weighted by molar-refractivity contribution is 7.90. The van der Waals surface area contributed by atoms with Gasteiger partial charge in [0, 0.05) is 5.92 Å². The molecular weight excluding hydrogens is 574 g/mol. The Bertz CT molecular complexity index is 1630. The lowest BCUT2D eigenvalue weighted by Gasteiger charge is -2.20. The molecule has 0 saturated heterocycles. The standard InChI is InChI=1S/C25H23F4N5O4S2/c26-20-10-6-18(7-11-20)23-22(17-4-2-1-3-5-17)16-34(32-23)24(31-14-15-39(30,35)36)33-40(37,38)21-12-8-19(9-13-21)25(27,28)29/h1-13,22H,14-16H2,(H,31,33)(H2,30,35,36)/t22-/m0/s1. The van der Waals surface area contributed by atoms with Crippen molar-refractivity contribution in [1.82, 2.24) is 9.73 Å². The first kappa shape index (κ1) is 29.2. The number of sulfonamides is 2. The van der Waals surface area contributed by atoms with Gasteiger partial charge in [0.25, 0.3) is 10.0 Å². The summed E-state index contributed by atoms with van der Waals surface area (Å²) in [5.74, 6) is -1.87. The minimum absolute atomic E-state index is 0.0560. The fraction of sp³-hybridized carbons (Fsp3) is 0.200. The van der Waals surface area contributed by atoms with E-state index in [1.165, 1.54) is 29.3 Å². The predicted octanol–water partition coefficient (Wildman–Crippen LogP) is 3.27. The molecule has 3 aromatic rings. The van der Waals surface area contributed by atoms with Gasteiger partial charge >= 0.3 is 6.18 Å². The van der Waals surface area contributed by atoms with E-state index in [9.17, 15) is 34.4 Å². The monoisotopic (exact) mass is 597 g/mol. The van der Waals surface area contributed by atoms with Crippen molar-refractivity contribution in [3.05, 3.63) is 101 Å². The number of nitrogens with two attached hydrogens (primary N) is 1. The number of primary sulfonamides is 1. The van der Waals surface area contributed by atoms with E-state index in [0.717, 1.165) is 17.7 Å². The van der Waals surface area contributed by atoms with Gasteiger partial charge in [0.15, 0.2) is 0 Å². The number of benzene rings is 3. The van der Waals surface area contributed by atoms with Crippen molar-refractivity contribution in [1.29, 1.82) is 0 Å². The molecule has 0 spiro atoms. The van der Waals surface area contributed by atoms with Crippen molar-refractivity contribution in [2.75, 3.05) is 18.8 Å². The van der Waals surface area contributed by atoms with Crippen LogP contribution in [-0.2, 0) is 26.2 Å². The molecular formula is C25H23F4N5O4S2. The number of hydrogen-bond acceptors (Lipinski definition) is 6. The largest absolute Gasteiger partial charge is 0.416 e. The molecule has 9 nitrogen and oxygen atoms in total. The third-order valence-electron chi connectivity index (χ3n) is 5.86. The summed E-state index contributed by atoms with van der Waals surface area (Å²) in [6, 6.07) is 17.4. The smallest absolute Gasteiger partial charge is 0.250 e. The van der Waals surface area contributed by atoms with Gasteiger partial charge in [0.05, 0.1) is 35.0 Å². The number of nitrogens with zero attached hydrogens (tertiary/aromatic N) is 3. The zero-order valence-electron chi connectivity index (χ0n) is 20.6. The normalized spacial score (nSPS) is 16.6. The molecule has 212 valence electrons. The van der Waals surface area contributed by atoms with Crippen LogP contribution >= 0.6 is 0 Å². The van der Waals surface area contributed by atoms with Crippen LogP contribution < -0.4 is 9.86 Å². The van der Waals surface area contributed by atoms with E-state index in [1.807, 2.05) is 18.2 Å². The summed E-state index contributed by atoms with van der Waals surface area (Å²) in [7, 11) is -8.43. The Labute approximate surface area is 228 Å². The van der Waals surface area contributed by atoms with Crippen LogP contribution in [0.25, 0.3) is 0 Å². The summed E-state index contributed by atoms with van der Waals surface area (Å²) in [5.41, 5.74) is 0.779. The predicted molar refractivity (Wildman–Crippen MR) is 141 cm³/mol. The Morgan fingerprint density at radius 2 is 1.60 bits per heavy atom. The van der Waals surface area contributed by atoms with Gasteiger partial charge in [-0.25, -0.2) is 41.1 Å². The average Bonchev–Trinajstić information content (AvgIpc) is 3.33. The first-order valence-corrected chi connectivity index (χ1v) is 14.8. The topological polar surface area (TPSA) is 134 Å². The number of hydrazone groups is 1. The molecule has 1 atom stereocenters. The van der Waals surface area contributed by atoms with E-state index < -0.39 is 60.7 Å². The fourth-order valence-electron chi connectivity index (χ4n) is 3.91. The van der Waals surface area contributed by atoms with E-state index in [0.29, 0.717) is 23.4 Å². The van der Waals surface area contributed by atoms with Gasteiger partial charge in [-0.05, 0) is 47.5 Å². The zero-order valence-corrected chi connectivity index (χ0v) is 22.2. The second-order valence-electron chi connectivity index (χ2n) is 8.74. The second-order valence-corrected chi connectivity index (χ2v) is 12.2. The second kappa shape index (κ2) is 11.3. The van der Waals surface area contributed by atoms with Crippen LogP contribution in [0.15, 0.2) is 93.9 Å². The Balaban J connectivity index is 1.72. The van der Waals surface area contributed by atoms with Crippen molar-refractivity contribution in [2.45, 2.75) is 17.0 Å². The van der Waals surface area contributed by atoms with E-state index >= 15 is 0 Å². The fourth-order valence-corrected chi connectivity index (χ4v) is 5.28. The molecule has 0 saturated carbocycles. The van der Waals surface area contributed by atoms with Crippen LogP contribution in [0.1, 0.15) is 22.6 Å². The average molecular weight is 598 g/mol. The number of alkyl halides is 3. The summed E-state index contributed by atoms with van der Waals surface area (Å²) >= 11 is 0. The summed E-state index contributed by atoms with van der Waals surface area (Å²) in [5, 5.41) is 10.8.